The highest BCUT2D eigenvalue weighted by atomic mass is 15.3. The van der Waals surface area contributed by atoms with Gasteiger partial charge < -0.3 is 9.80 Å². The second-order valence-corrected chi connectivity index (χ2v) is 3.95. The van der Waals surface area contributed by atoms with Crippen molar-refractivity contribution in [3.8, 4) is 0 Å². The molecule has 68 valence electrons. The molecule has 3 nitrogen and oxygen atoms in total. The molecule has 3 heteroatoms. The van der Waals surface area contributed by atoms with Crippen molar-refractivity contribution in [2.45, 2.75) is 12.8 Å². The normalized spacial score (nSPS) is 25.9. The number of amidine groups is 1. The van der Waals surface area contributed by atoms with Crippen LogP contribution in [0.2, 0.25) is 0 Å². The summed E-state index contributed by atoms with van der Waals surface area (Å²) in [5.74, 6) is 1.52. The maximum absolute atomic E-state index is 7.87. The molecule has 1 saturated heterocycles. The van der Waals surface area contributed by atoms with Crippen LogP contribution in [0.5, 0.6) is 0 Å². The van der Waals surface area contributed by atoms with E-state index in [2.05, 4.69) is 16.8 Å². The molecule has 1 N–H and O–H groups in total. The maximum Gasteiger partial charge on any atom is 0.0990 e. The largest absolute Gasteiger partial charge is 0.358 e. The minimum Gasteiger partial charge on any atom is -0.358 e. The monoisotopic (exact) mass is 167 g/mol. The third-order valence-corrected chi connectivity index (χ3v) is 2.81. The number of piperazine rings is 1. The number of nitrogens with zero attached hydrogens (tertiary/aromatic N) is 2. The van der Waals surface area contributed by atoms with Crippen LogP contribution < -0.4 is 0 Å². The van der Waals surface area contributed by atoms with E-state index in [9.17, 15) is 0 Å². The first-order chi connectivity index (χ1) is 5.77. The van der Waals surface area contributed by atoms with Gasteiger partial charge >= 0.3 is 0 Å². The standard InChI is InChI=1S/C9H17N3/c1-11-4-6-12(7-5-11)9(10)8-2-3-8/h8,10H,2-7H2,1H3. The molecular weight excluding hydrogens is 150 g/mol. The molecule has 0 atom stereocenters. The smallest absolute Gasteiger partial charge is 0.0990 e. The second-order valence-electron chi connectivity index (χ2n) is 3.95. The van der Waals surface area contributed by atoms with Crippen LogP contribution in [0.1, 0.15) is 12.8 Å². The molecule has 2 aliphatic rings. The van der Waals surface area contributed by atoms with Crippen molar-refractivity contribution in [2.75, 3.05) is 33.2 Å². The number of hydrogen-bond acceptors (Lipinski definition) is 2. The summed E-state index contributed by atoms with van der Waals surface area (Å²) in [6.07, 6.45) is 2.51. The summed E-state index contributed by atoms with van der Waals surface area (Å²) in [5, 5.41) is 7.87. The molecular formula is C9H17N3. The number of rotatable bonds is 1. The average molecular weight is 167 g/mol. The van der Waals surface area contributed by atoms with Gasteiger partial charge in [0, 0.05) is 32.1 Å². The Balaban J connectivity index is 1.84. The SMILES string of the molecule is CN1CCN(C(=N)C2CC2)CC1. The van der Waals surface area contributed by atoms with E-state index in [1.165, 1.54) is 12.8 Å². The van der Waals surface area contributed by atoms with Crippen LogP contribution in [0.25, 0.3) is 0 Å². The van der Waals surface area contributed by atoms with Gasteiger partial charge in [0.1, 0.15) is 0 Å². The molecule has 2 rings (SSSR count). The van der Waals surface area contributed by atoms with Crippen molar-refractivity contribution in [2.24, 2.45) is 5.92 Å². The third kappa shape index (κ3) is 1.61. The molecule has 0 bridgehead atoms. The summed E-state index contributed by atoms with van der Waals surface area (Å²) in [6, 6.07) is 0. The van der Waals surface area contributed by atoms with E-state index in [0.29, 0.717) is 5.92 Å². The van der Waals surface area contributed by atoms with E-state index < -0.39 is 0 Å². The molecule has 12 heavy (non-hydrogen) atoms. The van der Waals surface area contributed by atoms with Gasteiger partial charge in [0.2, 0.25) is 0 Å². The molecule has 1 aliphatic heterocycles. The van der Waals surface area contributed by atoms with E-state index in [-0.39, 0.29) is 0 Å². The Labute approximate surface area is 73.9 Å². The fourth-order valence-corrected chi connectivity index (χ4v) is 1.66. The van der Waals surface area contributed by atoms with Crippen LogP contribution in [-0.2, 0) is 0 Å². The lowest BCUT2D eigenvalue weighted by molar-refractivity contribution is 0.211. The Hall–Kier alpha value is -0.570. The molecule has 0 aromatic heterocycles. The zero-order valence-corrected chi connectivity index (χ0v) is 7.71. The van der Waals surface area contributed by atoms with Crippen molar-refractivity contribution >= 4 is 5.84 Å². The molecule has 0 spiro atoms. The van der Waals surface area contributed by atoms with Gasteiger partial charge in [0.05, 0.1) is 5.84 Å². The molecule has 2 fully saturated rings. The number of nitrogens with one attached hydrogen (secondary N) is 1. The van der Waals surface area contributed by atoms with E-state index in [1.807, 2.05) is 0 Å². The topological polar surface area (TPSA) is 30.3 Å². The Morgan fingerprint density at radius 2 is 1.75 bits per heavy atom. The van der Waals surface area contributed by atoms with Crippen LogP contribution >= 0.6 is 0 Å². The first-order valence-electron chi connectivity index (χ1n) is 4.79. The first-order valence-corrected chi connectivity index (χ1v) is 4.79. The summed E-state index contributed by atoms with van der Waals surface area (Å²) in [4.78, 5) is 4.58. The van der Waals surface area contributed by atoms with Gasteiger partial charge in [-0.25, -0.2) is 0 Å². The average Bonchev–Trinajstić information content (AvgIpc) is 2.87. The fourth-order valence-electron chi connectivity index (χ4n) is 1.66. The quantitative estimate of drug-likeness (QED) is 0.458. The summed E-state index contributed by atoms with van der Waals surface area (Å²) >= 11 is 0. The second kappa shape index (κ2) is 3.05. The van der Waals surface area contributed by atoms with E-state index >= 15 is 0 Å². The van der Waals surface area contributed by atoms with E-state index in [0.717, 1.165) is 32.0 Å². The van der Waals surface area contributed by atoms with Crippen molar-refractivity contribution in [3.05, 3.63) is 0 Å². The van der Waals surface area contributed by atoms with Gasteiger partial charge in [0.15, 0.2) is 0 Å². The van der Waals surface area contributed by atoms with E-state index in [4.69, 9.17) is 5.41 Å². The Morgan fingerprint density at radius 3 is 2.25 bits per heavy atom. The van der Waals surface area contributed by atoms with Gasteiger partial charge in [-0.15, -0.1) is 0 Å². The molecule has 1 aliphatic carbocycles. The minimum absolute atomic E-state index is 0.619. The molecule has 0 amide bonds. The molecule has 0 unspecified atom stereocenters. The van der Waals surface area contributed by atoms with Crippen molar-refractivity contribution in [3.63, 3.8) is 0 Å². The zero-order chi connectivity index (χ0) is 8.55. The molecule has 0 aromatic carbocycles. The lowest BCUT2D eigenvalue weighted by Gasteiger charge is -2.34. The van der Waals surface area contributed by atoms with Gasteiger partial charge in [-0.2, -0.15) is 0 Å². The van der Waals surface area contributed by atoms with Gasteiger partial charge in [-0.3, -0.25) is 5.41 Å². The van der Waals surface area contributed by atoms with E-state index in [1.54, 1.807) is 0 Å². The number of hydrogen-bond donors (Lipinski definition) is 1. The summed E-state index contributed by atoms with van der Waals surface area (Å²) in [5.41, 5.74) is 0. The Bertz CT molecular complexity index is 178. The lowest BCUT2D eigenvalue weighted by atomic mass is 10.2. The van der Waals surface area contributed by atoms with Crippen molar-refractivity contribution in [1.29, 1.82) is 5.41 Å². The van der Waals surface area contributed by atoms with Crippen LogP contribution in [0.3, 0.4) is 0 Å². The predicted octanol–water partition coefficient (Wildman–Crippen LogP) is 0.621. The maximum atomic E-state index is 7.87. The Morgan fingerprint density at radius 1 is 1.17 bits per heavy atom. The van der Waals surface area contributed by atoms with Crippen molar-refractivity contribution in [1.82, 2.24) is 9.80 Å². The lowest BCUT2D eigenvalue weighted by Crippen LogP contribution is -2.47. The summed E-state index contributed by atoms with van der Waals surface area (Å²) < 4.78 is 0. The predicted molar refractivity (Wildman–Crippen MR) is 49.5 cm³/mol. The highest BCUT2D eigenvalue weighted by Crippen LogP contribution is 2.31. The molecule has 0 aromatic rings. The molecule has 0 radical (unpaired) electrons. The highest BCUT2D eigenvalue weighted by molar-refractivity contribution is 5.83. The fraction of sp³-hybridized carbons (Fsp3) is 0.889. The van der Waals surface area contributed by atoms with Crippen molar-refractivity contribution < 1.29 is 0 Å². The summed E-state index contributed by atoms with van der Waals surface area (Å²) in [6.45, 7) is 4.36. The Kier molecular flexibility index (Phi) is 2.05. The summed E-state index contributed by atoms with van der Waals surface area (Å²) in [7, 11) is 2.15. The van der Waals surface area contributed by atoms with Crippen LogP contribution in [0, 0.1) is 11.3 Å². The third-order valence-electron chi connectivity index (χ3n) is 2.81. The minimum atomic E-state index is 0.619. The number of likely N-dealkylation sites (N-methyl/N-ethyl adjacent to an activating group) is 1. The van der Waals surface area contributed by atoms with Gasteiger partial charge in [0.25, 0.3) is 0 Å². The first kappa shape index (κ1) is 8.05. The van der Waals surface area contributed by atoms with Crippen LogP contribution in [0.15, 0.2) is 0 Å². The van der Waals surface area contributed by atoms with Gasteiger partial charge in [-0.05, 0) is 19.9 Å². The zero-order valence-electron chi connectivity index (χ0n) is 7.71. The van der Waals surface area contributed by atoms with Crippen LogP contribution in [-0.4, -0.2) is 48.9 Å². The van der Waals surface area contributed by atoms with Gasteiger partial charge in [-0.1, -0.05) is 0 Å². The highest BCUT2D eigenvalue weighted by Gasteiger charge is 2.30. The molecule has 1 saturated carbocycles. The van der Waals surface area contributed by atoms with Crippen LogP contribution in [0.4, 0.5) is 0 Å². The molecule has 1 heterocycles.